The first-order valence-electron chi connectivity index (χ1n) is 7.83. The molecular weight excluding hydrogens is 850 g/mol. The van der Waals surface area contributed by atoms with Crippen molar-refractivity contribution in [1.82, 2.24) is 0 Å². The molecule has 0 unspecified atom stereocenters. The van der Waals surface area contributed by atoms with E-state index >= 15 is 0 Å². The summed E-state index contributed by atoms with van der Waals surface area (Å²) in [5, 5.41) is 56.6. The van der Waals surface area contributed by atoms with Crippen molar-refractivity contribution in [2.24, 2.45) is 0 Å². The van der Waals surface area contributed by atoms with Gasteiger partial charge in [0.05, 0.1) is 0 Å². The van der Waals surface area contributed by atoms with Crippen LogP contribution in [0.4, 0.5) is 0 Å². The summed E-state index contributed by atoms with van der Waals surface area (Å²) in [4.78, 5) is 69.4. The molecule has 0 aromatic rings. The van der Waals surface area contributed by atoms with Gasteiger partial charge in [-0.2, -0.15) is 0 Å². The van der Waals surface area contributed by atoms with E-state index in [4.69, 9.17) is 0 Å². The Hall–Kier alpha value is -1.65. The topological polar surface area (TPSA) is 279 Å². The molecule has 0 saturated carbocycles. The Morgan fingerprint density at radius 2 is 0.844 bits per heavy atom. The third-order valence-electron chi connectivity index (χ3n) is 3.33. The average molecular weight is 862 g/mol. The van der Waals surface area contributed by atoms with Crippen LogP contribution in [0.2, 0.25) is 0 Å². The molecule has 178 valence electrons. The molecule has 18 nitrogen and oxygen atoms in total. The van der Waals surface area contributed by atoms with E-state index in [1.54, 1.807) is 0 Å². The van der Waals surface area contributed by atoms with Crippen LogP contribution in [-0.4, -0.2) is 149 Å². The van der Waals surface area contributed by atoms with Crippen molar-refractivity contribution in [1.29, 1.82) is 0 Å². The van der Waals surface area contributed by atoms with Crippen LogP contribution in [0.3, 0.4) is 0 Å². The fourth-order valence-corrected chi connectivity index (χ4v) is 8.47. The van der Waals surface area contributed by atoms with Crippen LogP contribution in [0.5, 0.6) is 0 Å². The fourth-order valence-electron chi connectivity index (χ4n) is 1.65. The molecule has 0 spiro atoms. The van der Waals surface area contributed by atoms with Crippen molar-refractivity contribution in [2.45, 2.75) is 36.6 Å². The molecule has 0 radical (unpaired) electrons. The second-order valence-electron chi connectivity index (χ2n) is 5.58. The molecule has 2 saturated heterocycles. The molecule has 20 heteroatoms. The average Bonchev–Trinajstić information content (AvgIpc) is 2.88. The molecule has 0 aromatic carbocycles. The maximum atomic E-state index is 11.9. The number of hydrogen-bond donors (Lipinski definition) is 6. The summed E-state index contributed by atoms with van der Waals surface area (Å²) in [5.74, 6) is -9.99. The van der Waals surface area contributed by atoms with Gasteiger partial charge in [-0.15, -0.1) is 0 Å². The van der Waals surface area contributed by atoms with Crippen molar-refractivity contribution in [3.63, 3.8) is 0 Å². The summed E-state index contributed by atoms with van der Waals surface area (Å²) >= 11 is -9.66. The molecular formula is C12H12Bi2O18. The van der Waals surface area contributed by atoms with E-state index in [1.807, 2.05) is 0 Å². The molecule has 0 aromatic heterocycles. The van der Waals surface area contributed by atoms with Gasteiger partial charge in [-0.1, -0.05) is 0 Å². The van der Waals surface area contributed by atoms with Gasteiger partial charge in [-0.3, -0.25) is 0 Å². The fraction of sp³-hybridized carbons (Fsp3) is 0.500. The van der Waals surface area contributed by atoms with Crippen molar-refractivity contribution >= 4 is 82.0 Å². The van der Waals surface area contributed by atoms with E-state index < -0.39 is 119 Å². The minimum atomic E-state index is -4.83. The van der Waals surface area contributed by atoms with E-state index in [9.17, 15) is 59.4 Å². The summed E-state index contributed by atoms with van der Waals surface area (Å²) in [6, 6.07) is 0. The zero-order valence-corrected chi connectivity index (χ0v) is 21.9. The standard InChI is InChI=1S/3C4H6O6.2Bi/c3*5-1(3(7)8)2(6)4(9)10;;/h3*1-2,5-6H,(H,7,8)(H,9,10);;/q;;;2*+3/p-6/t1-,2+;2*1-,2-;;/m.11../s1. The molecule has 2 heterocycles. The molecule has 0 amide bonds. The predicted octanol–water partition coefficient (Wildman–Crippen LogP) is -7.59. The van der Waals surface area contributed by atoms with E-state index in [0.717, 1.165) is 0 Å². The van der Waals surface area contributed by atoms with E-state index in [0.29, 0.717) is 0 Å². The van der Waals surface area contributed by atoms with Gasteiger partial charge in [0.1, 0.15) is 0 Å². The number of aliphatic hydroxyl groups is 6. The number of aliphatic hydroxyl groups excluding tert-OH is 6. The van der Waals surface area contributed by atoms with Crippen molar-refractivity contribution in [2.75, 3.05) is 0 Å². The third-order valence-corrected chi connectivity index (χ3v) is 11.0. The second kappa shape index (κ2) is 11.0. The Morgan fingerprint density at radius 1 is 0.625 bits per heavy atom. The van der Waals surface area contributed by atoms with Gasteiger partial charge in [0.25, 0.3) is 0 Å². The van der Waals surface area contributed by atoms with Crippen LogP contribution in [0.25, 0.3) is 0 Å². The molecule has 2 aliphatic rings. The normalized spacial score (nSPS) is 29.3. The van der Waals surface area contributed by atoms with E-state index in [-0.39, 0.29) is 0 Å². The quantitative estimate of drug-likeness (QED) is 0.140. The van der Waals surface area contributed by atoms with Gasteiger partial charge in [0.2, 0.25) is 0 Å². The Morgan fingerprint density at radius 3 is 1.06 bits per heavy atom. The summed E-state index contributed by atoms with van der Waals surface area (Å²) in [6.45, 7) is 0. The first-order valence-corrected chi connectivity index (χ1v) is 16.3. The second-order valence-corrected chi connectivity index (χ2v) is 13.3. The Bertz CT molecular complexity index is 704. The molecule has 6 N–H and O–H groups in total. The monoisotopic (exact) mass is 862 g/mol. The van der Waals surface area contributed by atoms with Crippen molar-refractivity contribution in [3.8, 4) is 0 Å². The van der Waals surface area contributed by atoms with Crippen LogP contribution < -0.4 is 0 Å². The molecule has 2 rings (SSSR count). The molecule has 6 atom stereocenters. The number of rotatable bonds is 5. The summed E-state index contributed by atoms with van der Waals surface area (Å²) in [7, 11) is 0. The van der Waals surface area contributed by atoms with Gasteiger partial charge in [0, 0.05) is 0 Å². The Kier molecular flexibility index (Phi) is 9.12. The number of carbonyl (C=O) groups excluding carboxylic acids is 6. The molecule has 2 aliphatic heterocycles. The molecule has 0 bridgehead atoms. The van der Waals surface area contributed by atoms with Crippen LogP contribution in [0, 0.1) is 0 Å². The zero-order valence-electron chi connectivity index (χ0n) is 14.9. The molecule has 2 fully saturated rings. The number of hydrogen-bond acceptors (Lipinski definition) is 18. The molecule has 0 aliphatic carbocycles. The van der Waals surface area contributed by atoms with Gasteiger partial charge < -0.3 is 0 Å². The summed E-state index contributed by atoms with van der Waals surface area (Å²) in [6.07, 6.45) is -14.8. The van der Waals surface area contributed by atoms with Crippen LogP contribution in [0.1, 0.15) is 0 Å². The van der Waals surface area contributed by atoms with Gasteiger partial charge in [-0.25, -0.2) is 0 Å². The van der Waals surface area contributed by atoms with Crippen LogP contribution in [0.15, 0.2) is 0 Å². The Balaban J connectivity index is 1.97. The summed E-state index contributed by atoms with van der Waals surface area (Å²) < 4.78 is 26.5. The minimum absolute atomic E-state index is 1.57. The zero-order chi connectivity index (χ0) is 24.3. The number of carbonyl (C=O) groups is 6. The third kappa shape index (κ3) is 6.23. The van der Waals surface area contributed by atoms with E-state index in [1.165, 1.54) is 0 Å². The van der Waals surface area contributed by atoms with E-state index in [2.05, 4.69) is 16.9 Å². The van der Waals surface area contributed by atoms with Gasteiger partial charge in [0.15, 0.2) is 0 Å². The van der Waals surface area contributed by atoms with Crippen molar-refractivity contribution in [3.05, 3.63) is 0 Å². The van der Waals surface area contributed by atoms with Gasteiger partial charge >= 0.3 is 195 Å². The van der Waals surface area contributed by atoms with Crippen molar-refractivity contribution < 1.29 is 76.3 Å². The maximum absolute atomic E-state index is 11.9. The predicted molar refractivity (Wildman–Crippen MR) is 84.1 cm³/mol. The Labute approximate surface area is 194 Å². The van der Waals surface area contributed by atoms with Crippen LogP contribution in [-0.2, 0) is 45.6 Å². The first kappa shape index (κ1) is 26.6. The SMILES string of the molecule is O=C1[O][Bi]([O]C(=O)[C@H](O)[C@@H](O)C(=O)[O][Bi]2[O]C(=O)[C@H](O)[C@@H](O)C(=O)[O]2)[O]C(=O)[C@H](O)[C@@H]1O. The molecule has 32 heavy (non-hydrogen) atoms. The summed E-state index contributed by atoms with van der Waals surface area (Å²) in [5.41, 5.74) is 0. The first-order chi connectivity index (χ1) is 14.8. The van der Waals surface area contributed by atoms with Crippen LogP contribution >= 0.6 is 0 Å². The van der Waals surface area contributed by atoms with Gasteiger partial charge in [-0.05, 0) is 0 Å².